The summed E-state index contributed by atoms with van der Waals surface area (Å²) in [5.41, 5.74) is 4.91. The molecule has 1 aliphatic rings. The maximum absolute atomic E-state index is 15.0. The third-order valence-corrected chi connectivity index (χ3v) is 5.86. The molecule has 0 radical (unpaired) electrons. The van der Waals surface area contributed by atoms with Crippen molar-refractivity contribution in [2.75, 3.05) is 23.7 Å². The van der Waals surface area contributed by atoms with Crippen LogP contribution in [0.25, 0.3) is 16.8 Å². The van der Waals surface area contributed by atoms with E-state index in [0.717, 1.165) is 12.4 Å². The smallest absolute Gasteiger partial charge is 0.252 e. The summed E-state index contributed by atoms with van der Waals surface area (Å²) in [4.78, 5) is 31.5. The summed E-state index contributed by atoms with van der Waals surface area (Å²) in [5, 5.41) is 3.76. The van der Waals surface area contributed by atoms with E-state index in [2.05, 4.69) is 10.1 Å². The van der Waals surface area contributed by atoms with Crippen molar-refractivity contribution < 1.29 is 18.4 Å². The second kappa shape index (κ2) is 7.16. The van der Waals surface area contributed by atoms with E-state index in [4.69, 9.17) is 17.3 Å². The number of nitrogens with zero attached hydrogens (tertiary/aromatic N) is 5. The summed E-state index contributed by atoms with van der Waals surface area (Å²) >= 11 is 6.10. The number of carbonyl (C=O) groups excluding carboxylic acids is 2. The van der Waals surface area contributed by atoms with E-state index < -0.39 is 23.1 Å². The Morgan fingerprint density at radius 2 is 1.97 bits per heavy atom. The molecule has 0 atom stereocenters. The molecule has 2 N–H and O–H groups in total. The topological polar surface area (TPSA) is 96.8 Å². The number of rotatable bonds is 2. The fraction of sp³-hybridized carbons (Fsp3) is 0.300. The van der Waals surface area contributed by atoms with Crippen LogP contribution in [0.4, 0.5) is 20.3 Å². The number of nitrogen functional groups attached to an aromatic ring is 1. The van der Waals surface area contributed by atoms with E-state index in [1.165, 1.54) is 33.4 Å². The third-order valence-electron chi connectivity index (χ3n) is 5.52. The molecule has 0 aliphatic carbocycles. The molecule has 31 heavy (non-hydrogen) atoms. The summed E-state index contributed by atoms with van der Waals surface area (Å²) in [6.07, 6.45) is 1.15. The highest BCUT2D eigenvalue weighted by molar-refractivity contribution is 6.35. The van der Waals surface area contributed by atoms with Gasteiger partial charge in [-0.1, -0.05) is 11.6 Å². The molecule has 162 valence electrons. The van der Waals surface area contributed by atoms with Gasteiger partial charge in [0.25, 0.3) is 5.91 Å². The third kappa shape index (κ3) is 3.09. The van der Waals surface area contributed by atoms with Gasteiger partial charge in [0.15, 0.2) is 11.6 Å². The Bertz CT molecular complexity index is 1240. The molecule has 2 amide bonds. The van der Waals surface area contributed by atoms with Crippen LogP contribution in [0.1, 0.15) is 20.8 Å². The van der Waals surface area contributed by atoms with Crippen molar-refractivity contribution in [3.8, 4) is 11.3 Å². The Morgan fingerprint density at radius 1 is 1.26 bits per heavy atom. The van der Waals surface area contributed by atoms with Gasteiger partial charge in [-0.05, 0) is 32.0 Å². The number of anilines is 2. The molecule has 0 bridgehead atoms. The van der Waals surface area contributed by atoms with Gasteiger partial charge in [-0.15, -0.1) is 0 Å². The molecule has 0 unspecified atom stereocenters. The molecule has 2 aromatic heterocycles. The summed E-state index contributed by atoms with van der Waals surface area (Å²) in [6, 6.07) is 3.85. The van der Waals surface area contributed by atoms with Crippen LogP contribution in [-0.4, -0.2) is 49.9 Å². The highest BCUT2D eigenvalue weighted by Crippen LogP contribution is 2.37. The van der Waals surface area contributed by atoms with E-state index in [0.29, 0.717) is 0 Å². The lowest BCUT2D eigenvalue weighted by atomic mass is 9.96. The Labute approximate surface area is 181 Å². The van der Waals surface area contributed by atoms with E-state index in [1.807, 2.05) is 0 Å². The number of halogens is 3. The molecule has 1 aliphatic heterocycles. The summed E-state index contributed by atoms with van der Waals surface area (Å²) in [5.74, 6) is -2.16. The van der Waals surface area contributed by atoms with Crippen molar-refractivity contribution in [3.05, 3.63) is 41.2 Å². The van der Waals surface area contributed by atoms with E-state index >= 15 is 4.39 Å². The number of fused-ring (bicyclic) bond motifs is 1. The van der Waals surface area contributed by atoms with Crippen LogP contribution in [0.15, 0.2) is 24.5 Å². The lowest BCUT2D eigenvalue weighted by Gasteiger charge is -2.45. The predicted octanol–water partition coefficient (Wildman–Crippen LogP) is 2.88. The van der Waals surface area contributed by atoms with Crippen LogP contribution in [0.3, 0.4) is 0 Å². The van der Waals surface area contributed by atoms with Crippen molar-refractivity contribution >= 4 is 40.4 Å². The number of piperazine rings is 1. The van der Waals surface area contributed by atoms with E-state index in [9.17, 15) is 14.0 Å². The van der Waals surface area contributed by atoms with Gasteiger partial charge in [-0.25, -0.2) is 18.3 Å². The first-order valence-electron chi connectivity index (χ1n) is 9.42. The van der Waals surface area contributed by atoms with E-state index in [1.54, 1.807) is 13.8 Å². The lowest BCUT2D eigenvalue weighted by Crippen LogP contribution is -2.64. The molecular formula is C20H19ClF2N6O2. The predicted molar refractivity (Wildman–Crippen MR) is 112 cm³/mol. The number of carbonyl (C=O) groups is 2. The van der Waals surface area contributed by atoms with Crippen LogP contribution in [0.2, 0.25) is 5.02 Å². The fourth-order valence-electron chi connectivity index (χ4n) is 3.97. The SMILES string of the molecule is CC(=O)N1CCN(c2cc(-c3c(F)c(Cl)c4c(N)ncnn34)ccc2F)C(=O)C1(C)C. The number of hydrogen-bond acceptors (Lipinski definition) is 5. The van der Waals surface area contributed by atoms with Crippen LogP contribution < -0.4 is 10.6 Å². The second-order valence-electron chi connectivity index (χ2n) is 7.73. The number of nitrogens with two attached hydrogens (primary N) is 1. The van der Waals surface area contributed by atoms with Gasteiger partial charge < -0.3 is 15.5 Å². The quantitative estimate of drug-likeness (QED) is 0.650. The molecule has 0 saturated carbocycles. The van der Waals surface area contributed by atoms with Gasteiger partial charge in [0.1, 0.15) is 33.9 Å². The van der Waals surface area contributed by atoms with Gasteiger partial charge in [-0.2, -0.15) is 5.10 Å². The molecule has 1 fully saturated rings. The van der Waals surface area contributed by atoms with Gasteiger partial charge in [0.05, 0.1) is 5.69 Å². The molecule has 11 heteroatoms. The molecule has 3 heterocycles. The van der Waals surface area contributed by atoms with Crippen LogP contribution in [0, 0.1) is 11.6 Å². The first-order valence-corrected chi connectivity index (χ1v) is 9.79. The number of benzene rings is 1. The van der Waals surface area contributed by atoms with Crippen LogP contribution >= 0.6 is 11.6 Å². The average molecular weight is 449 g/mol. The molecule has 4 rings (SSSR count). The number of aromatic nitrogens is 3. The van der Waals surface area contributed by atoms with Gasteiger partial charge in [-0.3, -0.25) is 9.59 Å². The lowest BCUT2D eigenvalue weighted by molar-refractivity contribution is -0.145. The Balaban J connectivity index is 1.84. The molecule has 8 nitrogen and oxygen atoms in total. The summed E-state index contributed by atoms with van der Waals surface area (Å²) in [6.45, 7) is 4.91. The van der Waals surface area contributed by atoms with Gasteiger partial charge in [0.2, 0.25) is 5.91 Å². The first-order chi connectivity index (χ1) is 14.6. The standard InChI is InChI=1S/C20H19ClF2N6O2/c1-10(30)28-7-6-27(19(31)20(28,2)3)13-8-11(4-5-12(13)22)16-15(23)14(21)17-18(24)25-9-26-29(16)17/h4-5,8-9H,6-7H2,1-3H3,(H2,24,25,26). The van der Waals surface area contributed by atoms with Crippen LogP contribution in [-0.2, 0) is 9.59 Å². The van der Waals surface area contributed by atoms with Crippen molar-refractivity contribution in [1.82, 2.24) is 19.5 Å². The van der Waals surface area contributed by atoms with Crippen molar-refractivity contribution in [2.24, 2.45) is 0 Å². The minimum absolute atomic E-state index is 0.00947. The van der Waals surface area contributed by atoms with E-state index in [-0.39, 0.29) is 52.3 Å². The fourth-order valence-corrected chi connectivity index (χ4v) is 4.23. The van der Waals surface area contributed by atoms with Crippen molar-refractivity contribution in [3.63, 3.8) is 0 Å². The van der Waals surface area contributed by atoms with Gasteiger partial charge in [0, 0.05) is 25.6 Å². The molecule has 3 aromatic rings. The molecular weight excluding hydrogens is 430 g/mol. The zero-order valence-electron chi connectivity index (χ0n) is 17.0. The second-order valence-corrected chi connectivity index (χ2v) is 8.11. The zero-order valence-corrected chi connectivity index (χ0v) is 17.7. The monoisotopic (exact) mass is 448 g/mol. The Morgan fingerprint density at radius 3 is 2.65 bits per heavy atom. The number of hydrogen-bond donors (Lipinski definition) is 1. The Kier molecular flexibility index (Phi) is 4.84. The normalized spacial score (nSPS) is 16.3. The van der Waals surface area contributed by atoms with Crippen molar-refractivity contribution in [1.29, 1.82) is 0 Å². The number of amides is 2. The minimum Gasteiger partial charge on any atom is -0.382 e. The largest absolute Gasteiger partial charge is 0.382 e. The maximum atomic E-state index is 15.0. The van der Waals surface area contributed by atoms with Crippen molar-refractivity contribution in [2.45, 2.75) is 26.3 Å². The first kappa shape index (κ1) is 21.0. The average Bonchev–Trinajstić information content (AvgIpc) is 2.96. The summed E-state index contributed by atoms with van der Waals surface area (Å²) in [7, 11) is 0. The highest BCUT2D eigenvalue weighted by Gasteiger charge is 2.44. The highest BCUT2D eigenvalue weighted by atomic mass is 35.5. The zero-order chi connectivity index (χ0) is 22.7. The molecule has 1 saturated heterocycles. The summed E-state index contributed by atoms with van der Waals surface area (Å²) < 4.78 is 31.0. The maximum Gasteiger partial charge on any atom is 0.252 e. The molecule has 0 spiro atoms. The van der Waals surface area contributed by atoms with Gasteiger partial charge >= 0.3 is 0 Å². The molecule has 1 aromatic carbocycles. The minimum atomic E-state index is -1.16. The Hall–Kier alpha value is -3.27. The van der Waals surface area contributed by atoms with Crippen LogP contribution in [0.5, 0.6) is 0 Å².